The van der Waals surface area contributed by atoms with Crippen molar-refractivity contribution in [3.05, 3.63) is 76.1 Å². The van der Waals surface area contributed by atoms with Gasteiger partial charge in [0, 0.05) is 36.3 Å². The predicted octanol–water partition coefficient (Wildman–Crippen LogP) is 4.75. The number of carbonyl (C=O) groups excluding carboxylic acids is 1. The van der Waals surface area contributed by atoms with Gasteiger partial charge in [-0.25, -0.2) is 13.8 Å². The van der Waals surface area contributed by atoms with E-state index in [1.54, 1.807) is 48.3 Å². The van der Waals surface area contributed by atoms with Crippen LogP contribution in [0.3, 0.4) is 0 Å². The van der Waals surface area contributed by atoms with Crippen LogP contribution in [-0.2, 0) is 7.05 Å². The van der Waals surface area contributed by atoms with Crippen LogP contribution in [0.4, 0.5) is 20.2 Å². The van der Waals surface area contributed by atoms with Gasteiger partial charge in [-0.3, -0.25) is 19.6 Å². The number of nitrogens with zero attached hydrogens (tertiary/aromatic N) is 4. The number of aryl methyl sites for hydroxylation is 2. The molecule has 0 saturated carbocycles. The Morgan fingerprint density at radius 1 is 1.24 bits per heavy atom. The molecule has 0 spiro atoms. The van der Waals surface area contributed by atoms with Crippen molar-refractivity contribution in [2.24, 2.45) is 7.05 Å². The molecule has 0 aliphatic rings. The number of halogens is 2. The van der Waals surface area contributed by atoms with Crippen LogP contribution >= 0.6 is 0 Å². The van der Waals surface area contributed by atoms with Gasteiger partial charge in [0.1, 0.15) is 12.4 Å². The number of nitro groups is 1. The highest BCUT2D eigenvalue weighted by atomic mass is 19.3. The van der Waals surface area contributed by atoms with E-state index in [4.69, 9.17) is 4.74 Å². The molecule has 0 atom stereocenters. The Morgan fingerprint density at radius 2 is 2.00 bits per heavy atom. The molecule has 0 unspecified atom stereocenters. The van der Waals surface area contributed by atoms with Crippen molar-refractivity contribution in [2.75, 3.05) is 11.9 Å². The van der Waals surface area contributed by atoms with Gasteiger partial charge in [-0.15, -0.1) is 0 Å². The Morgan fingerprint density at radius 3 is 2.68 bits per heavy atom. The summed E-state index contributed by atoms with van der Waals surface area (Å²) in [7, 11) is 1.78. The monoisotopic (exact) mass is 467 g/mol. The Hall–Kier alpha value is -4.41. The number of para-hydroxylation sites is 1. The van der Waals surface area contributed by atoms with E-state index in [9.17, 15) is 23.7 Å². The van der Waals surface area contributed by atoms with E-state index in [1.165, 1.54) is 6.07 Å². The van der Waals surface area contributed by atoms with E-state index in [2.05, 4.69) is 15.4 Å². The second kappa shape index (κ2) is 9.22. The lowest BCUT2D eigenvalue weighted by molar-refractivity contribution is -0.384. The first kappa shape index (κ1) is 22.8. The molecule has 0 radical (unpaired) electrons. The lowest BCUT2D eigenvalue weighted by Crippen LogP contribution is -2.14. The van der Waals surface area contributed by atoms with Crippen molar-refractivity contribution in [3.63, 3.8) is 0 Å². The first-order chi connectivity index (χ1) is 16.2. The van der Waals surface area contributed by atoms with Gasteiger partial charge in [-0.2, -0.15) is 5.10 Å². The summed E-state index contributed by atoms with van der Waals surface area (Å²) in [4.78, 5) is 28.5. The Kier molecular flexibility index (Phi) is 6.17. The van der Waals surface area contributed by atoms with Crippen LogP contribution in [0.2, 0.25) is 0 Å². The largest absolute Gasteiger partial charge is 0.487 e. The Balaban J connectivity index is 1.74. The van der Waals surface area contributed by atoms with E-state index in [-0.39, 0.29) is 17.0 Å². The summed E-state index contributed by atoms with van der Waals surface area (Å²) in [5.41, 5.74) is 2.50. The maximum atomic E-state index is 13.3. The van der Waals surface area contributed by atoms with Gasteiger partial charge in [0.25, 0.3) is 18.0 Å². The van der Waals surface area contributed by atoms with Crippen molar-refractivity contribution in [3.8, 4) is 17.0 Å². The normalized spacial score (nSPS) is 11.1. The van der Waals surface area contributed by atoms with Gasteiger partial charge >= 0.3 is 0 Å². The van der Waals surface area contributed by atoms with Crippen LogP contribution in [0.5, 0.6) is 5.75 Å². The predicted molar refractivity (Wildman–Crippen MR) is 121 cm³/mol. The van der Waals surface area contributed by atoms with Crippen LogP contribution in [0.1, 0.15) is 16.1 Å². The summed E-state index contributed by atoms with van der Waals surface area (Å²) in [6, 6.07) is 12.1. The molecule has 174 valence electrons. The number of pyridine rings is 1. The second-order valence-corrected chi connectivity index (χ2v) is 7.50. The van der Waals surface area contributed by atoms with Crippen LogP contribution in [0.25, 0.3) is 22.2 Å². The summed E-state index contributed by atoms with van der Waals surface area (Å²) in [5.74, 6) is -0.710. The van der Waals surface area contributed by atoms with Crippen LogP contribution < -0.4 is 10.1 Å². The number of alkyl halides is 2. The lowest BCUT2D eigenvalue weighted by atomic mass is 10.0. The number of nitrogens with one attached hydrogen (secondary N) is 1. The van der Waals surface area contributed by atoms with Gasteiger partial charge in [-0.05, 0) is 19.1 Å². The average Bonchev–Trinajstić information content (AvgIpc) is 3.14. The quantitative estimate of drug-likeness (QED) is 0.310. The van der Waals surface area contributed by atoms with Crippen molar-refractivity contribution in [1.82, 2.24) is 14.8 Å². The van der Waals surface area contributed by atoms with Crippen molar-refractivity contribution in [2.45, 2.75) is 13.3 Å². The van der Waals surface area contributed by atoms with E-state index in [1.807, 2.05) is 6.92 Å². The van der Waals surface area contributed by atoms with E-state index in [0.717, 1.165) is 23.4 Å². The van der Waals surface area contributed by atoms with E-state index < -0.39 is 29.6 Å². The molecule has 2 aromatic carbocycles. The Bertz CT molecular complexity index is 1400. The van der Waals surface area contributed by atoms with E-state index in [0.29, 0.717) is 16.6 Å². The number of carbonyl (C=O) groups is 1. The average molecular weight is 467 g/mol. The molecule has 1 N–H and O–H groups in total. The number of non-ortho nitro benzene ring substituents is 1. The summed E-state index contributed by atoms with van der Waals surface area (Å²) in [6.07, 6.45) is -0.962. The van der Waals surface area contributed by atoms with Crippen molar-refractivity contribution in [1.29, 1.82) is 0 Å². The van der Waals surface area contributed by atoms with Gasteiger partial charge in [0.15, 0.2) is 0 Å². The summed E-state index contributed by atoms with van der Waals surface area (Å²) >= 11 is 0. The van der Waals surface area contributed by atoms with E-state index >= 15 is 0 Å². The topological polar surface area (TPSA) is 112 Å². The Labute approximate surface area is 192 Å². The minimum absolute atomic E-state index is 0.0310. The SMILES string of the molecule is Cc1nn(C)cc1-c1cc(C(=O)Nc2cc(OCC(F)F)cc([N+](=O)[O-])c2)c2ccccc2n1. The number of amides is 1. The summed E-state index contributed by atoms with van der Waals surface area (Å²) in [5, 5.41) is 18.8. The van der Waals surface area contributed by atoms with Gasteiger partial charge in [0.05, 0.1) is 39.1 Å². The van der Waals surface area contributed by atoms with Gasteiger partial charge in [0.2, 0.25) is 0 Å². The molecule has 4 rings (SSSR count). The third-order valence-electron chi connectivity index (χ3n) is 4.99. The number of aromatic nitrogens is 3. The first-order valence-corrected chi connectivity index (χ1v) is 10.1. The molecule has 0 bridgehead atoms. The molecule has 11 heteroatoms. The molecule has 0 aliphatic heterocycles. The highest BCUT2D eigenvalue weighted by Crippen LogP contribution is 2.29. The number of rotatable bonds is 7. The summed E-state index contributed by atoms with van der Waals surface area (Å²) < 4.78 is 31.6. The zero-order valence-electron chi connectivity index (χ0n) is 18.2. The molecule has 2 heterocycles. The highest BCUT2D eigenvalue weighted by molar-refractivity contribution is 6.13. The third kappa shape index (κ3) is 4.82. The smallest absolute Gasteiger partial charge is 0.275 e. The number of anilines is 1. The zero-order valence-corrected chi connectivity index (χ0v) is 18.2. The zero-order chi connectivity index (χ0) is 24.4. The van der Waals surface area contributed by atoms with Crippen LogP contribution in [-0.4, -0.2) is 38.6 Å². The van der Waals surface area contributed by atoms with Gasteiger partial charge < -0.3 is 10.1 Å². The minimum Gasteiger partial charge on any atom is -0.487 e. The molecule has 1 amide bonds. The molecule has 0 saturated heterocycles. The fraction of sp³-hybridized carbons (Fsp3) is 0.174. The second-order valence-electron chi connectivity index (χ2n) is 7.50. The molecule has 9 nitrogen and oxygen atoms in total. The maximum Gasteiger partial charge on any atom is 0.275 e. The fourth-order valence-electron chi connectivity index (χ4n) is 3.55. The molecule has 2 aromatic heterocycles. The molecule has 4 aromatic rings. The van der Waals surface area contributed by atoms with Crippen molar-refractivity contribution >= 4 is 28.2 Å². The van der Waals surface area contributed by atoms with Gasteiger partial charge in [-0.1, -0.05) is 18.2 Å². The van der Waals surface area contributed by atoms with Crippen LogP contribution in [0.15, 0.2) is 54.7 Å². The number of ether oxygens (including phenoxy) is 1. The maximum absolute atomic E-state index is 13.3. The standard InChI is InChI=1S/C23H19F2N5O4/c1-13-19(11-29(2)28-13)21-10-18(17-5-3-4-6-20(17)27-21)23(31)26-14-7-15(30(32)33)9-16(8-14)34-12-22(24)25/h3-11,22H,12H2,1-2H3,(H,26,31). The van der Waals surface area contributed by atoms with Crippen molar-refractivity contribution < 1.29 is 23.2 Å². The molecule has 0 aliphatic carbocycles. The number of nitro benzene ring substituents is 1. The number of benzene rings is 2. The number of hydrogen-bond acceptors (Lipinski definition) is 6. The fourth-order valence-corrected chi connectivity index (χ4v) is 3.55. The molecule has 34 heavy (non-hydrogen) atoms. The first-order valence-electron chi connectivity index (χ1n) is 10.1. The molecular formula is C23H19F2N5O4. The minimum atomic E-state index is -2.75. The summed E-state index contributed by atoms with van der Waals surface area (Å²) in [6.45, 7) is 0.896. The molecule has 0 fully saturated rings. The highest BCUT2D eigenvalue weighted by Gasteiger charge is 2.18. The molecular weight excluding hydrogens is 448 g/mol. The number of hydrogen-bond donors (Lipinski definition) is 1. The third-order valence-corrected chi connectivity index (χ3v) is 4.99. The van der Waals surface area contributed by atoms with Crippen LogP contribution in [0, 0.1) is 17.0 Å². The number of fused-ring (bicyclic) bond motifs is 1. The lowest BCUT2D eigenvalue weighted by Gasteiger charge is -2.12.